The number of halogens is 3. The second-order valence-corrected chi connectivity index (χ2v) is 8.13. The zero-order valence-electron chi connectivity index (χ0n) is 15.7. The van der Waals surface area contributed by atoms with E-state index in [0.29, 0.717) is 0 Å². The van der Waals surface area contributed by atoms with Gasteiger partial charge in [0.1, 0.15) is 5.82 Å². The van der Waals surface area contributed by atoms with Gasteiger partial charge in [0.25, 0.3) is 5.91 Å². The minimum absolute atomic E-state index is 0.0535. The number of sulfonamides is 1. The molecule has 0 aliphatic heterocycles. The molecular weight excluding hydrogens is 409 g/mol. The molecule has 2 rings (SSSR count). The molecule has 0 fully saturated rings. The Labute approximate surface area is 166 Å². The molecule has 0 bridgehead atoms. The summed E-state index contributed by atoms with van der Waals surface area (Å²) >= 11 is 0. The Morgan fingerprint density at radius 1 is 1.07 bits per heavy atom. The summed E-state index contributed by atoms with van der Waals surface area (Å²) in [6.45, 7) is 3.84. The summed E-state index contributed by atoms with van der Waals surface area (Å²) in [4.78, 5) is 15.8. The van der Waals surface area contributed by atoms with Crippen molar-refractivity contribution in [2.45, 2.75) is 31.0 Å². The number of benzene rings is 1. The molecule has 0 aliphatic rings. The van der Waals surface area contributed by atoms with Gasteiger partial charge in [-0.3, -0.25) is 4.79 Å². The molecule has 0 saturated heterocycles. The summed E-state index contributed by atoms with van der Waals surface area (Å²) in [7, 11) is -3.63. The number of carbonyl (C=O) groups is 1. The molecule has 11 heteroatoms. The van der Waals surface area contributed by atoms with E-state index in [9.17, 15) is 26.4 Å². The lowest BCUT2D eigenvalue weighted by Crippen LogP contribution is -2.30. The van der Waals surface area contributed by atoms with Crippen LogP contribution in [0.1, 0.15) is 29.8 Å². The molecule has 0 unspecified atom stereocenters. The Morgan fingerprint density at radius 3 is 2.24 bits per heavy atom. The third-order valence-corrected chi connectivity index (χ3v) is 5.30. The minimum atomic E-state index is -4.45. The fourth-order valence-corrected chi connectivity index (χ4v) is 3.55. The number of pyridine rings is 1. The number of aromatic nitrogens is 1. The monoisotopic (exact) mass is 430 g/mol. The first-order chi connectivity index (χ1) is 13.5. The maximum Gasteiger partial charge on any atom is 0.417 e. The van der Waals surface area contributed by atoms with Crippen molar-refractivity contribution in [2.75, 3.05) is 18.4 Å². The Kier molecular flexibility index (Phi) is 7.20. The summed E-state index contributed by atoms with van der Waals surface area (Å²) in [6, 6.07) is 7.33. The van der Waals surface area contributed by atoms with Gasteiger partial charge in [-0.15, -0.1) is 0 Å². The number of alkyl halides is 3. The van der Waals surface area contributed by atoms with Crippen LogP contribution in [0, 0.1) is 0 Å². The molecular formula is C18H21F3N4O3S. The fraction of sp³-hybridized carbons (Fsp3) is 0.333. The number of carbonyl (C=O) groups excluding carboxylic acids is 1. The molecule has 1 aromatic carbocycles. The molecule has 1 amide bonds. The van der Waals surface area contributed by atoms with Gasteiger partial charge in [-0.2, -0.15) is 13.2 Å². The van der Waals surface area contributed by atoms with Crippen molar-refractivity contribution in [2.24, 2.45) is 0 Å². The van der Waals surface area contributed by atoms with Gasteiger partial charge in [-0.1, -0.05) is 0 Å². The van der Waals surface area contributed by atoms with E-state index >= 15 is 0 Å². The molecule has 1 heterocycles. The molecule has 0 radical (unpaired) electrons. The summed E-state index contributed by atoms with van der Waals surface area (Å²) in [5, 5.41) is 5.42. The highest BCUT2D eigenvalue weighted by molar-refractivity contribution is 7.89. The van der Waals surface area contributed by atoms with E-state index in [0.717, 1.165) is 12.3 Å². The fourth-order valence-electron chi connectivity index (χ4n) is 2.30. The van der Waals surface area contributed by atoms with Crippen molar-refractivity contribution >= 4 is 21.7 Å². The van der Waals surface area contributed by atoms with E-state index in [2.05, 4.69) is 20.3 Å². The molecule has 2 aromatic rings. The van der Waals surface area contributed by atoms with Crippen molar-refractivity contribution < 1.29 is 26.4 Å². The van der Waals surface area contributed by atoms with Gasteiger partial charge in [-0.25, -0.2) is 18.1 Å². The molecule has 3 N–H and O–H groups in total. The van der Waals surface area contributed by atoms with E-state index < -0.39 is 27.7 Å². The highest BCUT2D eigenvalue weighted by Crippen LogP contribution is 2.28. The maximum atomic E-state index is 12.5. The van der Waals surface area contributed by atoms with Crippen molar-refractivity contribution in [1.82, 2.24) is 15.0 Å². The predicted molar refractivity (Wildman–Crippen MR) is 102 cm³/mol. The molecule has 158 valence electrons. The average Bonchev–Trinajstić information content (AvgIpc) is 2.64. The molecule has 0 spiro atoms. The smallest absolute Gasteiger partial charge is 0.368 e. The quantitative estimate of drug-likeness (QED) is 0.559. The molecule has 7 nitrogen and oxygen atoms in total. The van der Waals surface area contributed by atoms with Crippen molar-refractivity contribution in [1.29, 1.82) is 0 Å². The Balaban J connectivity index is 1.83. The van der Waals surface area contributed by atoms with E-state index in [1.165, 1.54) is 30.3 Å². The molecule has 0 atom stereocenters. The van der Waals surface area contributed by atoms with Crippen LogP contribution in [-0.4, -0.2) is 38.4 Å². The SMILES string of the molecule is CC(C)NS(=O)(=O)c1ccc(C(=O)NCCNc2ccc(C(F)(F)F)cn2)cc1. The third kappa shape index (κ3) is 6.71. The highest BCUT2D eigenvalue weighted by Gasteiger charge is 2.30. The molecule has 29 heavy (non-hydrogen) atoms. The molecule has 1 aromatic heterocycles. The summed E-state index contributed by atoms with van der Waals surface area (Å²) < 4.78 is 64.0. The van der Waals surface area contributed by atoms with Crippen LogP contribution in [0.3, 0.4) is 0 Å². The first-order valence-corrected chi connectivity index (χ1v) is 10.1. The lowest BCUT2D eigenvalue weighted by Gasteiger charge is -2.11. The number of anilines is 1. The highest BCUT2D eigenvalue weighted by atomic mass is 32.2. The number of hydrogen-bond donors (Lipinski definition) is 3. The Morgan fingerprint density at radius 2 is 1.72 bits per heavy atom. The second kappa shape index (κ2) is 9.23. The van der Waals surface area contributed by atoms with Gasteiger partial charge in [-0.05, 0) is 50.2 Å². The van der Waals surface area contributed by atoms with E-state index in [1.807, 2.05) is 0 Å². The van der Waals surface area contributed by atoms with Crippen LogP contribution < -0.4 is 15.4 Å². The Hall–Kier alpha value is -2.66. The topological polar surface area (TPSA) is 100 Å². The summed E-state index contributed by atoms with van der Waals surface area (Å²) in [5.41, 5.74) is -0.563. The van der Waals surface area contributed by atoms with Crippen LogP contribution in [0.25, 0.3) is 0 Å². The lowest BCUT2D eigenvalue weighted by atomic mass is 10.2. The van der Waals surface area contributed by atoms with Crippen LogP contribution in [0.2, 0.25) is 0 Å². The van der Waals surface area contributed by atoms with Crippen molar-refractivity contribution in [3.05, 3.63) is 53.7 Å². The van der Waals surface area contributed by atoms with Gasteiger partial charge in [0.05, 0.1) is 10.5 Å². The number of hydrogen-bond acceptors (Lipinski definition) is 5. The van der Waals surface area contributed by atoms with E-state index in [4.69, 9.17) is 0 Å². The van der Waals surface area contributed by atoms with Crippen LogP contribution in [0.5, 0.6) is 0 Å². The first-order valence-electron chi connectivity index (χ1n) is 8.67. The first kappa shape index (κ1) is 22.6. The molecule has 0 aliphatic carbocycles. The van der Waals surface area contributed by atoms with Gasteiger partial charge in [0.2, 0.25) is 10.0 Å². The van der Waals surface area contributed by atoms with Crippen LogP contribution in [0.4, 0.5) is 19.0 Å². The minimum Gasteiger partial charge on any atom is -0.368 e. The average molecular weight is 430 g/mol. The zero-order valence-corrected chi connectivity index (χ0v) is 16.6. The normalized spacial score (nSPS) is 12.1. The third-order valence-electron chi connectivity index (χ3n) is 3.63. The van der Waals surface area contributed by atoms with E-state index in [1.54, 1.807) is 13.8 Å². The van der Waals surface area contributed by atoms with Crippen molar-refractivity contribution in [3.63, 3.8) is 0 Å². The van der Waals surface area contributed by atoms with Crippen LogP contribution in [-0.2, 0) is 16.2 Å². The van der Waals surface area contributed by atoms with Crippen LogP contribution >= 0.6 is 0 Å². The number of nitrogens with zero attached hydrogens (tertiary/aromatic N) is 1. The Bertz CT molecular complexity index is 928. The summed E-state index contributed by atoms with van der Waals surface area (Å²) in [5.74, 6) is -0.160. The number of rotatable bonds is 8. The van der Waals surface area contributed by atoms with E-state index in [-0.39, 0.29) is 35.4 Å². The standard InChI is InChI=1S/C18H21F3N4O3S/c1-12(2)25-29(27,28)15-6-3-13(4-7-15)17(26)23-10-9-22-16-8-5-14(11-24-16)18(19,20)21/h3-8,11-12,25H,9-10H2,1-2H3,(H,22,24)(H,23,26). The van der Waals surface area contributed by atoms with Gasteiger partial charge >= 0.3 is 6.18 Å². The largest absolute Gasteiger partial charge is 0.417 e. The zero-order chi connectivity index (χ0) is 21.7. The predicted octanol–water partition coefficient (Wildman–Crippen LogP) is 2.63. The molecule has 0 saturated carbocycles. The maximum absolute atomic E-state index is 12.5. The van der Waals surface area contributed by atoms with Gasteiger partial charge < -0.3 is 10.6 Å². The van der Waals surface area contributed by atoms with Gasteiger partial charge in [0, 0.05) is 30.9 Å². The van der Waals surface area contributed by atoms with Crippen LogP contribution in [0.15, 0.2) is 47.5 Å². The summed E-state index contributed by atoms with van der Waals surface area (Å²) in [6.07, 6.45) is -3.72. The second-order valence-electron chi connectivity index (χ2n) is 6.41. The lowest BCUT2D eigenvalue weighted by molar-refractivity contribution is -0.137. The number of amides is 1. The van der Waals surface area contributed by atoms with Crippen molar-refractivity contribution in [3.8, 4) is 0 Å². The van der Waals surface area contributed by atoms with Gasteiger partial charge in [0.15, 0.2) is 0 Å². The number of nitrogens with one attached hydrogen (secondary N) is 3.